The first-order valence-electron chi connectivity index (χ1n) is 8.78. The predicted molar refractivity (Wildman–Crippen MR) is 105 cm³/mol. The number of carbonyl (C=O) groups excluding carboxylic acids is 2. The molecule has 2 aromatic carbocycles. The highest BCUT2D eigenvalue weighted by atomic mass is 16.5. The minimum atomic E-state index is -0.749. The van der Waals surface area contributed by atoms with E-state index in [0.29, 0.717) is 18.3 Å². The number of benzene rings is 2. The normalized spacial score (nSPS) is 15.7. The van der Waals surface area contributed by atoms with Gasteiger partial charge in [-0.15, -0.1) is 0 Å². The van der Waals surface area contributed by atoms with Crippen LogP contribution in [-0.2, 0) is 9.59 Å². The number of amides is 2. The molecule has 0 unspecified atom stereocenters. The number of aliphatic imine (C=N–C) groups is 1. The number of guanidine groups is 1. The smallest absolute Gasteiger partial charge is 0.252 e. The maximum absolute atomic E-state index is 12.2. The molecular weight excluding hydrogens is 344 g/mol. The SMILES string of the molecule is CCOc1ccc(NC2=N[C@H](CC(=O)Nc3ccc(C)cc3)C(=O)N2)cc1. The van der Waals surface area contributed by atoms with E-state index in [4.69, 9.17) is 4.74 Å². The lowest BCUT2D eigenvalue weighted by Crippen LogP contribution is -2.33. The van der Waals surface area contributed by atoms with Crippen LogP contribution in [0.1, 0.15) is 18.9 Å². The molecule has 1 heterocycles. The van der Waals surface area contributed by atoms with Crippen LogP contribution in [0.5, 0.6) is 5.75 Å². The van der Waals surface area contributed by atoms with Crippen molar-refractivity contribution >= 4 is 29.1 Å². The second-order valence-electron chi connectivity index (χ2n) is 6.18. The van der Waals surface area contributed by atoms with Gasteiger partial charge in [-0.3, -0.25) is 14.9 Å². The fraction of sp³-hybridized carbons (Fsp3) is 0.250. The first-order chi connectivity index (χ1) is 13.0. The van der Waals surface area contributed by atoms with Crippen molar-refractivity contribution in [1.29, 1.82) is 0 Å². The monoisotopic (exact) mass is 366 g/mol. The lowest BCUT2D eigenvalue weighted by Gasteiger charge is -2.07. The number of rotatable bonds is 6. The van der Waals surface area contributed by atoms with Crippen LogP contribution < -0.4 is 20.7 Å². The van der Waals surface area contributed by atoms with E-state index >= 15 is 0 Å². The molecular formula is C20H22N4O3. The number of ether oxygens (including phenoxy) is 1. The minimum Gasteiger partial charge on any atom is -0.494 e. The molecule has 3 rings (SSSR count). The van der Waals surface area contributed by atoms with Crippen molar-refractivity contribution in [3.05, 3.63) is 54.1 Å². The maximum Gasteiger partial charge on any atom is 0.252 e. The van der Waals surface area contributed by atoms with Crippen LogP contribution in [0.25, 0.3) is 0 Å². The zero-order chi connectivity index (χ0) is 19.2. The first-order valence-corrected chi connectivity index (χ1v) is 8.78. The second kappa shape index (κ2) is 8.35. The Hall–Kier alpha value is -3.35. The Morgan fingerprint density at radius 2 is 1.78 bits per heavy atom. The maximum atomic E-state index is 12.2. The van der Waals surface area contributed by atoms with Gasteiger partial charge in [0.25, 0.3) is 5.91 Å². The highest BCUT2D eigenvalue weighted by Gasteiger charge is 2.28. The molecule has 1 aliphatic heterocycles. The molecule has 0 radical (unpaired) electrons. The first kappa shape index (κ1) is 18.4. The van der Waals surface area contributed by atoms with E-state index in [-0.39, 0.29) is 18.2 Å². The number of anilines is 2. The number of nitrogens with zero attached hydrogens (tertiary/aromatic N) is 1. The molecule has 7 nitrogen and oxygen atoms in total. The highest BCUT2D eigenvalue weighted by Crippen LogP contribution is 2.17. The fourth-order valence-electron chi connectivity index (χ4n) is 2.61. The van der Waals surface area contributed by atoms with Gasteiger partial charge in [0.1, 0.15) is 11.8 Å². The van der Waals surface area contributed by atoms with Gasteiger partial charge in [0.05, 0.1) is 13.0 Å². The van der Waals surface area contributed by atoms with Crippen molar-refractivity contribution in [2.75, 3.05) is 17.2 Å². The summed E-state index contributed by atoms with van der Waals surface area (Å²) in [5.41, 5.74) is 2.57. The number of hydrogen-bond donors (Lipinski definition) is 3. The number of hydrogen-bond acceptors (Lipinski definition) is 5. The van der Waals surface area contributed by atoms with E-state index in [1.165, 1.54) is 0 Å². The zero-order valence-electron chi connectivity index (χ0n) is 15.3. The summed E-state index contributed by atoms with van der Waals surface area (Å²) in [5, 5.41) is 8.46. The number of aryl methyl sites for hydroxylation is 1. The van der Waals surface area contributed by atoms with Crippen molar-refractivity contribution in [1.82, 2.24) is 5.32 Å². The highest BCUT2D eigenvalue weighted by molar-refractivity contribution is 6.11. The van der Waals surface area contributed by atoms with E-state index in [1.54, 1.807) is 0 Å². The van der Waals surface area contributed by atoms with Crippen molar-refractivity contribution < 1.29 is 14.3 Å². The molecule has 1 atom stereocenters. The summed E-state index contributed by atoms with van der Waals surface area (Å²) in [5.74, 6) is 0.538. The molecule has 2 amide bonds. The third-order valence-electron chi connectivity index (χ3n) is 3.97. The van der Waals surface area contributed by atoms with E-state index in [0.717, 1.165) is 17.0 Å². The van der Waals surface area contributed by atoms with E-state index < -0.39 is 6.04 Å². The third kappa shape index (κ3) is 5.07. The Morgan fingerprint density at radius 3 is 2.44 bits per heavy atom. The van der Waals surface area contributed by atoms with Gasteiger partial charge in [-0.25, -0.2) is 4.99 Å². The van der Waals surface area contributed by atoms with Gasteiger partial charge in [-0.05, 0) is 50.2 Å². The molecule has 0 saturated carbocycles. The topological polar surface area (TPSA) is 91.8 Å². The molecule has 0 aromatic heterocycles. The quantitative estimate of drug-likeness (QED) is 0.733. The van der Waals surface area contributed by atoms with Gasteiger partial charge in [0.15, 0.2) is 0 Å². The van der Waals surface area contributed by atoms with Crippen molar-refractivity contribution in [2.45, 2.75) is 26.3 Å². The van der Waals surface area contributed by atoms with E-state index in [9.17, 15) is 9.59 Å². The Labute approximate surface area is 157 Å². The minimum absolute atomic E-state index is 0.0197. The van der Waals surface area contributed by atoms with Crippen molar-refractivity contribution in [3.63, 3.8) is 0 Å². The van der Waals surface area contributed by atoms with Crippen molar-refractivity contribution in [2.24, 2.45) is 4.99 Å². The van der Waals surface area contributed by atoms with Gasteiger partial charge in [-0.2, -0.15) is 0 Å². The lowest BCUT2D eigenvalue weighted by molar-refractivity contribution is -0.123. The second-order valence-corrected chi connectivity index (χ2v) is 6.18. The molecule has 0 spiro atoms. The summed E-state index contributed by atoms with van der Waals surface area (Å²) in [6.45, 7) is 4.49. The number of carbonyl (C=O) groups is 2. The Kier molecular flexibility index (Phi) is 5.71. The molecule has 1 aliphatic rings. The standard InChI is InChI=1S/C20H22N4O3/c1-3-27-16-10-8-15(9-11-16)22-20-23-17(19(26)24-20)12-18(25)21-14-6-4-13(2)5-7-14/h4-11,17H,3,12H2,1-2H3,(H,21,25)(H2,22,23,24,26)/t17-/m1/s1. The molecule has 140 valence electrons. The third-order valence-corrected chi connectivity index (χ3v) is 3.97. The summed E-state index contributed by atoms with van der Waals surface area (Å²) in [6.07, 6.45) is -0.0197. The van der Waals surface area contributed by atoms with Crippen LogP contribution in [0.2, 0.25) is 0 Å². The van der Waals surface area contributed by atoms with Crippen LogP contribution >= 0.6 is 0 Å². The molecule has 0 aliphatic carbocycles. The number of nitrogens with one attached hydrogen (secondary N) is 3. The van der Waals surface area contributed by atoms with Crippen LogP contribution in [0.3, 0.4) is 0 Å². The summed E-state index contributed by atoms with van der Waals surface area (Å²) in [4.78, 5) is 28.5. The molecule has 3 N–H and O–H groups in total. The van der Waals surface area contributed by atoms with E-state index in [2.05, 4.69) is 20.9 Å². The van der Waals surface area contributed by atoms with Gasteiger partial charge in [0, 0.05) is 11.4 Å². The zero-order valence-corrected chi connectivity index (χ0v) is 15.3. The van der Waals surface area contributed by atoms with Gasteiger partial charge in [0.2, 0.25) is 11.9 Å². The average molecular weight is 366 g/mol. The predicted octanol–water partition coefficient (Wildman–Crippen LogP) is 2.69. The van der Waals surface area contributed by atoms with Crippen LogP contribution in [0.15, 0.2) is 53.5 Å². The molecule has 2 aromatic rings. The van der Waals surface area contributed by atoms with Crippen molar-refractivity contribution in [3.8, 4) is 5.75 Å². The Bertz CT molecular complexity index is 845. The molecule has 27 heavy (non-hydrogen) atoms. The molecule has 0 fully saturated rings. The largest absolute Gasteiger partial charge is 0.494 e. The van der Waals surface area contributed by atoms with Gasteiger partial charge < -0.3 is 15.4 Å². The summed E-state index contributed by atoms with van der Waals surface area (Å²) < 4.78 is 5.39. The Morgan fingerprint density at radius 1 is 1.11 bits per heavy atom. The lowest BCUT2D eigenvalue weighted by atomic mass is 10.2. The molecule has 0 bridgehead atoms. The summed E-state index contributed by atoms with van der Waals surface area (Å²) >= 11 is 0. The van der Waals surface area contributed by atoms with Gasteiger partial charge >= 0.3 is 0 Å². The van der Waals surface area contributed by atoms with E-state index in [1.807, 2.05) is 62.4 Å². The van der Waals surface area contributed by atoms with Crippen LogP contribution in [0, 0.1) is 6.92 Å². The fourth-order valence-corrected chi connectivity index (χ4v) is 2.61. The summed E-state index contributed by atoms with van der Waals surface area (Å²) in [6, 6.07) is 14.0. The van der Waals surface area contributed by atoms with Crippen LogP contribution in [-0.4, -0.2) is 30.4 Å². The average Bonchev–Trinajstić information content (AvgIpc) is 2.98. The van der Waals surface area contributed by atoms with Gasteiger partial charge in [-0.1, -0.05) is 17.7 Å². The van der Waals surface area contributed by atoms with Crippen LogP contribution in [0.4, 0.5) is 11.4 Å². The molecule has 0 saturated heterocycles. The molecule has 7 heteroatoms. The summed E-state index contributed by atoms with van der Waals surface area (Å²) in [7, 11) is 0. The Balaban J connectivity index is 1.56.